The van der Waals surface area contributed by atoms with Crippen LogP contribution in [0.5, 0.6) is 0 Å². The van der Waals surface area contributed by atoms with Crippen LogP contribution in [-0.4, -0.2) is 29.6 Å². The summed E-state index contributed by atoms with van der Waals surface area (Å²) in [6.45, 7) is 6.19. The second-order valence-electron chi connectivity index (χ2n) is 3.89. The van der Waals surface area contributed by atoms with E-state index >= 15 is 0 Å². The first kappa shape index (κ1) is 8.91. The first-order valence-corrected chi connectivity index (χ1v) is 4.57. The Morgan fingerprint density at radius 1 is 1.64 bits per heavy atom. The molecule has 2 nitrogen and oxygen atoms in total. The Hall–Kier alpha value is -0.180. The van der Waals surface area contributed by atoms with E-state index in [4.69, 9.17) is 0 Å². The number of hydrogen-bond donors (Lipinski definition) is 1. The van der Waals surface area contributed by atoms with Crippen molar-refractivity contribution in [3.8, 4) is 0 Å². The van der Waals surface area contributed by atoms with Crippen molar-refractivity contribution in [2.45, 2.75) is 20.3 Å². The highest BCUT2D eigenvalue weighted by Gasteiger charge is 2.31. The molecule has 0 aromatic heterocycles. The lowest BCUT2D eigenvalue weighted by Gasteiger charge is -2.18. The van der Waals surface area contributed by atoms with Crippen LogP contribution in [-0.2, 0) is 4.79 Å². The van der Waals surface area contributed by atoms with Crippen LogP contribution in [0.2, 0.25) is 0 Å². The molecular formula is C8H15NOS. The second-order valence-corrected chi connectivity index (χ2v) is 4.20. The standard InChI is InChI=1S/C8H15NOS/c1-8(2)3-4-9(6-8)7(10)5-11/h11H,3-6H2,1-2H3. The van der Waals surface area contributed by atoms with Gasteiger partial charge in [-0.15, -0.1) is 0 Å². The Balaban J connectivity index is 2.48. The zero-order chi connectivity index (χ0) is 8.48. The zero-order valence-corrected chi connectivity index (χ0v) is 8.03. The number of carbonyl (C=O) groups excluding carboxylic acids is 1. The summed E-state index contributed by atoms with van der Waals surface area (Å²) in [6, 6.07) is 0. The maximum Gasteiger partial charge on any atom is 0.232 e. The minimum Gasteiger partial charge on any atom is -0.341 e. The molecule has 1 amide bonds. The topological polar surface area (TPSA) is 20.3 Å². The zero-order valence-electron chi connectivity index (χ0n) is 7.13. The first-order chi connectivity index (χ1) is 5.05. The summed E-state index contributed by atoms with van der Waals surface area (Å²) in [5.74, 6) is 0.509. The van der Waals surface area contributed by atoms with Gasteiger partial charge in [-0.05, 0) is 11.8 Å². The number of likely N-dealkylation sites (tertiary alicyclic amines) is 1. The molecule has 0 aromatic carbocycles. The van der Waals surface area contributed by atoms with Gasteiger partial charge in [0, 0.05) is 13.1 Å². The molecule has 0 atom stereocenters. The molecule has 0 saturated carbocycles. The summed E-state index contributed by atoms with van der Waals surface area (Å²) in [7, 11) is 0. The van der Waals surface area contributed by atoms with E-state index in [9.17, 15) is 4.79 Å². The Kier molecular flexibility index (Phi) is 2.47. The largest absolute Gasteiger partial charge is 0.341 e. The minimum absolute atomic E-state index is 0.166. The van der Waals surface area contributed by atoms with Crippen LogP contribution in [0.25, 0.3) is 0 Å². The third-order valence-electron chi connectivity index (χ3n) is 2.17. The van der Waals surface area contributed by atoms with Gasteiger partial charge in [-0.1, -0.05) is 13.8 Å². The van der Waals surface area contributed by atoms with Crippen molar-refractivity contribution in [3.05, 3.63) is 0 Å². The molecule has 64 valence electrons. The van der Waals surface area contributed by atoms with Crippen LogP contribution in [0, 0.1) is 5.41 Å². The van der Waals surface area contributed by atoms with Gasteiger partial charge in [0.1, 0.15) is 0 Å². The number of hydrogen-bond acceptors (Lipinski definition) is 2. The van der Waals surface area contributed by atoms with E-state index in [0.29, 0.717) is 11.2 Å². The van der Waals surface area contributed by atoms with Crippen LogP contribution in [0.15, 0.2) is 0 Å². The van der Waals surface area contributed by atoms with Crippen molar-refractivity contribution in [3.63, 3.8) is 0 Å². The van der Waals surface area contributed by atoms with E-state index in [2.05, 4.69) is 26.5 Å². The van der Waals surface area contributed by atoms with E-state index in [-0.39, 0.29) is 5.91 Å². The van der Waals surface area contributed by atoms with Gasteiger partial charge in [0.15, 0.2) is 0 Å². The van der Waals surface area contributed by atoms with E-state index < -0.39 is 0 Å². The average Bonchev–Trinajstić information content (AvgIpc) is 2.29. The summed E-state index contributed by atoms with van der Waals surface area (Å²) in [6.07, 6.45) is 1.12. The molecule has 0 spiro atoms. The molecule has 0 unspecified atom stereocenters. The van der Waals surface area contributed by atoms with Gasteiger partial charge in [-0.2, -0.15) is 12.6 Å². The van der Waals surface area contributed by atoms with Crippen molar-refractivity contribution in [1.82, 2.24) is 4.90 Å². The van der Waals surface area contributed by atoms with Gasteiger partial charge in [0.2, 0.25) is 5.91 Å². The molecule has 1 fully saturated rings. The molecule has 0 bridgehead atoms. The maximum absolute atomic E-state index is 11.2. The van der Waals surface area contributed by atoms with Gasteiger partial charge in [-0.3, -0.25) is 4.79 Å². The fraction of sp³-hybridized carbons (Fsp3) is 0.875. The second kappa shape index (κ2) is 3.05. The molecule has 1 saturated heterocycles. The van der Waals surface area contributed by atoms with Crippen LogP contribution in [0.3, 0.4) is 0 Å². The molecule has 11 heavy (non-hydrogen) atoms. The Morgan fingerprint density at radius 2 is 2.27 bits per heavy atom. The summed E-state index contributed by atoms with van der Waals surface area (Å²) in [5, 5.41) is 0. The highest BCUT2D eigenvalue weighted by molar-refractivity contribution is 7.81. The fourth-order valence-electron chi connectivity index (χ4n) is 1.43. The monoisotopic (exact) mass is 173 g/mol. The highest BCUT2D eigenvalue weighted by atomic mass is 32.1. The Morgan fingerprint density at radius 3 is 2.64 bits per heavy atom. The molecule has 1 rings (SSSR count). The molecule has 0 radical (unpaired) electrons. The summed E-state index contributed by atoms with van der Waals surface area (Å²) >= 11 is 3.96. The smallest absolute Gasteiger partial charge is 0.232 e. The van der Waals surface area contributed by atoms with Crippen molar-refractivity contribution in [2.24, 2.45) is 5.41 Å². The predicted molar refractivity (Wildman–Crippen MR) is 48.8 cm³/mol. The van der Waals surface area contributed by atoms with Gasteiger partial charge in [-0.25, -0.2) is 0 Å². The van der Waals surface area contributed by atoms with Crippen molar-refractivity contribution >= 4 is 18.5 Å². The number of nitrogens with zero attached hydrogens (tertiary/aromatic N) is 1. The van der Waals surface area contributed by atoms with Crippen LogP contribution in [0.1, 0.15) is 20.3 Å². The Bertz CT molecular complexity index is 167. The molecule has 1 heterocycles. The molecule has 0 N–H and O–H groups in total. The van der Waals surface area contributed by atoms with Crippen molar-refractivity contribution < 1.29 is 4.79 Å². The molecule has 0 aliphatic carbocycles. The summed E-state index contributed by atoms with van der Waals surface area (Å²) < 4.78 is 0. The molecule has 0 aromatic rings. The van der Waals surface area contributed by atoms with Crippen LogP contribution >= 0.6 is 12.6 Å². The highest BCUT2D eigenvalue weighted by Crippen LogP contribution is 2.28. The maximum atomic E-state index is 11.2. The van der Waals surface area contributed by atoms with Crippen LogP contribution in [0.4, 0.5) is 0 Å². The number of amides is 1. The summed E-state index contributed by atoms with van der Waals surface area (Å²) in [4.78, 5) is 13.0. The van der Waals surface area contributed by atoms with Crippen LogP contribution < -0.4 is 0 Å². The third-order valence-corrected chi connectivity index (χ3v) is 2.44. The number of thiol groups is 1. The van der Waals surface area contributed by atoms with E-state index in [1.807, 2.05) is 4.90 Å². The number of carbonyl (C=O) groups is 1. The van der Waals surface area contributed by atoms with Crippen molar-refractivity contribution in [2.75, 3.05) is 18.8 Å². The lowest BCUT2D eigenvalue weighted by molar-refractivity contribution is -0.127. The van der Waals surface area contributed by atoms with Gasteiger partial charge < -0.3 is 4.90 Å². The molecular weight excluding hydrogens is 158 g/mol. The first-order valence-electron chi connectivity index (χ1n) is 3.94. The van der Waals surface area contributed by atoms with E-state index in [0.717, 1.165) is 19.5 Å². The SMILES string of the molecule is CC1(C)CCN(C(=O)CS)C1. The molecule has 3 heteroatoms. The van der Waals surface area contributed by atoms with Gasteiger partial charge in [0.25, 0.3) is 0 Å². The molecule has 1 aliphatic rings. The predicted octanol–water partition coefficient (Wildman–Crippen LogP) is 1.17. The number of rotatable bonds is 1. The van der Waals surface area contributed by atoms with Gasteiger partial charge >= 0.3 is 0 Å². The normalized spacial score (nSPS) is 22.3. The average molecular weight is 173 g/mol. The van der Waals surface area contributed by atoms with Gasteiger partial charge in [0.05, 0.1) is 5.75 Å². The fourth-order valence-corrected chi connectivity index (χ4v) is 1.63. The minimum atomic E-state index is 0.166. The summed E-state index contributed by atoms with van der Waals surface area (Å²) in [5.41, 5.74) is 0.318. The van der Waals surface area contributed by atoms with E-state index in [1.54, 1.807) is 0 Å². The lowest BCUT2D eigenvalue weighted by Crippen LogP contribution is -2.31. The van der Waals surface area contributed by atoms with Crippen molar-refractivity contribution in [1.29, 1.82) is 0 Å². The molecule has 1 aliphatic heterocycles. The quantitative estimate of drug-likeness (QED) is 0.590. The van der Waals surface area contributed by atoms with E-state index in [1.165, 1.54) is 0 Å². The third kappa shape index (κ3) is 2.12. The lowest BCUT2D eigenvalue weighted by atomic mass is 9.93. The Labute approximate surface area is 73.4 Å².